The number of hydrogen-bond acceptors (Lipinski definition) is 4. The number of halogens is 1. The molecule has 0 aliphatic heterocycles. The van der Waals surface area contributed by atoms with Crippen molar-refractivity contribution >= 4 is 38.3 Å². The van der Waals surface area contributed by atoms with Crippen LogP contribution in [0.2, 0.25) is 5.02 Å². The van der Waals surface area contributed by atoms with Crippen molar-refractivity contribution in [1.29, 1.82) is 0 Å². The molecule has 0 saturated heterocycles. The first kappa shape index (κ1) is 12.2. The van der Waals surface area contributed by atoms with E-state index in [1.54, 1.807) is 11.3 Å². The van der Waals surface area contributed by atoms with Gasteiger partial charge in [-0.1, -0.05) is 29.0 Å². The van der Waals surface area contributed by atoms with Gasteiger partial charge in [0.2, 0.25) is 0 Å². The molecule has 0 spiro atoms. The first-order chi connectivity index (χ1) is 8.76. The standard InChI is InChI=1S/C13H15ClN2OS/c1-2-17-9-6-8(7-9)15-13-16-11-5-3-4-10(14)12(11)18-13/h3-5,8-9H,2,6-7H2,1H3,(H,15,16). The molecule has 18 heavy (non-hydrogen) atoms. The largest absolute Gasteiger partial charge is 0.378 e. The Kier molecular flexibility index (Phi) is 3.41. The van der Waals surface area contributed by atoms with Gasteiger partial charge in [-0.2, -0.15) is 0 Å². The molecule has 0 atom stereocenters. The van der Waals surface area contributed by atoms with E-state index >= 15 is 0 Å². The van der Waals surface area contributed by atoms with E-state index in [1.165, 1.54) is 0 Å². The molecule has 1 N–H and O–H groups in total. The summed E-state index contributed by atoms with van der Waals surface area (Å²) in [6.07, 6.45) is 2.56. The van der Waals surface area contributed by atoms with E-state index in [-0.39, 0.29) is 0 Å². The molecule has 0 unspecified atom stereocenters. The summed E-state index contributed by atoms with van der Waals surface area (Å²) >= 11 is 7.76. The third-order valence-corrected chi connectivity index (χ3v) is 4.65. The summed E-state index contributed by atoms with van der Waals surface area (Å²) in [5.41, 5.74) is 0.968. The van der Waals surface area contributed by atoms with Crippen molar-refractivity contribution in [3.8, 4) is 0 Å². The maximum atomic E-state index is 6.14. The van der Waals surface area contributed by atoms with Gasteiger partial charge in [-0.15, -0.1) is 0 Å². The molecule has 0 radical (unpaired) electrons. The fourth-order valence-electron chi connectivity index (χ4n) is 2.21. The number of hydrogen-bond donors (Lipinski definition) is 1. The van der Waals surface area contributed by atoms with Gasteiger partial charge in [0.1, 0.15) is 0 Å². The number of fused-ring (bicyclic) bond motifs is 1. The first-order valence-corrected chi connectivity index (χ1v) is 7.39. The normalized spacial score (nSPS) is 23.0. The number of nitrogens with zero attached hydrogens (tertiary/aromatic N) is 1. The van der Waals surface area contributed by atoms with Crippen molar-refractivity contribution < 1.29 is 4.74 Å². The minimum absolute atomic E-state index is 0.422. The molecule has 1 aromatic heterocycles. The second kappa shape index (κ2) is 5.03. The smallest absolute Gasteiger partial charge is 0.184 e. The Morgan fingerprint density at radius 2 is 2.33 bits per heavy atom. The zero-order valence-corrected chi connectivity index (χ0v) is 11.7. The average Bonchev–Trinajstić information content (AvgIpc) is 2.71. The molecule has 1 saturated carbocycles. The van der Waals surface area contributed by atoms with Crippen LogP contribution in [0, 0.1) is 0 Å². The van der Waals surface area contributed by atoms with Crippen molar-refractivity contribution in [2.75, 3.05) is 11.9 Å². The van der Waals surface area contributed by atoms with Crippen LogP contribution in [0.25, 0.3) is 10.2 Å². The predicted octanol–water partition coefficient (Wildman–Crippen LogP) is 3.93. The number of benzene rings is 1. The Labute approximate surface area is 115 Å². The zero-order chi connectivity index (χ0) is 12.5. The number of nitrogens with one attached hydrogen (secondary N) is 1. The molecule has 3 nitrogen and oxygen atoms in total. The maximum absolute atomic E-state index is 6.14. The Morgan fingerprint density at radius 3 is 3.06 bits per heavy atom. The van der Waals surface area contributed by atoms with E-state index in [4.69, 9.17) is 16.3 Å². The number of anilines is 1. The van der Waals surface area contributed by atoms with Gasteiger partial charge in [0, 0.05) is 12.6 Å². The van der Waals surface area contributed by atoms with Crippen LogP contribution in [0.4, 0.5) is 5.13 Å². The molecule has 3 rings (SSSR count). The number of rotatable bonds is 4. The average molecular weight is 283 g/mol. The van der Waals surface area contributed by atoms with E-state index in [1.807, 2.05) is 25.1 Å². The van der Waals surface area contributed by atoms with Gasteiger partial charge in [-0.05, 0) is 31.9 Å². The molecule has 1 fully saturated rings. The van der Waals surface area contributed by atoms with E-state index < -0.39 is 0 Å². The Bertz CT molecular complexity index is 551. The van der Waals surface area contributed by atoms with E-state index in [9.17, 15) is 0 Å². The van der Waals surface area contributed by atoms with E-state index in [0.717, 1.165) is 39.8 Å². The summed E-state index contributed by atoms with van der Waals surface area (Å²) in [5, 5.41) is 5.19. The van der Waals surface area contributed by atoms with Gasteiger partial charge in [0.05, 0.1) is 21.3 Å². The molecule has 2 aromatic rings. The molecule has 1 aromatic carbocycles. The third kappa shape index (κ3) is 2.32. The van der Waals surface area contributed by atoms with Crippen LogP contribution < -0.4 is 5.32 Å². The van der Waals surface area contributed by atoms with Crippen LogP contribution in [-0.2, 0) is 4.74 Å². The molecule has 0 bridgehead atoms. The lowest BCUT2D eigenvalue weighted by Crippen LogP contribution is -2.40. The highest BCUT2D eigenvalue weighted by Crippen LogP contribution is 2.34. The summed E-state index contributed by atoms with van der Waals surface area (Å²) in [6.45, 7) is 2.84. The summed E-state index contributed by atoms with van der Waals surface area (Å²) in [4.78, 5) is 4.55. The van der Waals surface area contributed by atoms with Crippen molar-refractivity contribution in [2.45, 2.75) is 31.9 Å². The topological polar surface area (TPSA) is 34.1 Å². The van der Waals surface area contributed by atoms with Gasteiger partial charge in [-0.25, -0.2) is 4.98 Å². The highest BCUT2D eigenvalue weighted by Gasteiger charge is 2.30. The quantitative estimate of drug-likeness (QED) is 0.923. The fraction of sp³-hybridized carbons (Fsp3) is 0.462. The molecular weight excluding hydrogens is 268 g/mol. The lowest BCUT2D eigenvalue weighted by atomic mass is 9.89. The molecular formula is C13H15ClN2OS. The summed E-state index contributed by atoms with van der Waals surface area (Å²) in [6, 6.07) is 6.32. The Balaban J connectivity index is 1.67. The van der Waals surface area contributed by atoms with Crippen LogP contribution in [-0.4, -0.2) is 23.7 Å². The molecule has 1 aliphatic rings. The Hall–Kier alpha value is -0.840. The predicted molar refractivity (Wildman–Crippen MR) is 76.7 cm³/mol. The van der Waals surface area contributed by atoms with Crippen LogP contribution in [0.5, 0.6) is 0 Å². The lowest BCUT2D eigenvalue weighted by Gasteiger charge is -2.35. The van der Waals surface area contributed by atoms with Crippen LogP contribution in [0.3, 0.4) is 0 Å². The fourth-order valence-corrected chi connectivity index (χ4v) is 3.44. The SMILES string of the molecule is CCOC1CC(Nc2nc3cccc(Cl)c3s2)C1. The van der Waals surface area contributed by atoms with Crippen molar-refractivity contribution in [3.63, 3.8) is 0 Å². The highest BCUT2D eigenvalue weighted by molar-refractivity contribution is 7.22. The number of thiazole rings is 1. The van der Waals surface area contributed by atoms with Crippen LogP contribution >= 0.6 is 22.9 Å². The number of ether oxygens (including phenoxy) is 1. The van der Waals surface area contributed by atoms with E-state index in [0.29, 0.717) is 12.1 Å². The molecule has 1 aliphatic carbocycles. The molecule has 5 heteroatoms. The van der Waals surface area contributed by atoms with Crippen molar-refractivity contribution in [1.82, 2.24) is 4.98 Å². The van der Waals surface area contributed by atoms with Crippen LogP contribution in [0.1, 0.15) is 19.8 Å². The summed E-state index contributed by atoms with van der Waals surface area (Å²) < 4.78 is 6.60. The summed E-state index contributed by atoms with van der Waals surface area (Å²) in [7, 11) is 0. The van der Waals surface area contributed by atoms with Crippen LogP contribution in [0.15, 0.2) is 18.2 Å². The lowest BCUT2D eigenvalue weighted by molar-refractivity contribution is 0.00299. The monoisotopic (exact) mass is 282 g/mol. The first-order valence-electron chi connectivity index (χ1n) is 6.19. The highest BCUT2D eigenvalue weighted by atomic mass is 35.5. The van der Waals surface area contributed by atoms with Crippen molar-refractivity contribution in [2.24, 2.45) is 0 Å². The molecule has 0 amide bonds. The Morgan fingerprint density at radius 1 is 1.50 bits per heavy atom. The second-order valence-electron chi connectivity index (χ2n) is 4.50. The van der Waals surface area contributed by atoms with Crippen molar-refractivity contribution in [3.05, 3.63) is 23.2 Å². The van der Waals surface area contributed by atoms with Gasteiger partial charge in [-0.3, -0.25) is 0 Å². The third-order valence-electron chi connectivity index (χ3n) is 3.19. The minimum atomic E-state index is 0.422. The van der Waals surface area contributed by atoms with Gasteiger partial charge >= 0.3 is 0 Å². The molecule has 96 valence electrons. The zero-order valence-electron chi connectivity index (χ0n) is 10.1. The molecule has 1 heterocycles. The van der Waals surface area contributed by atoms with Gasteiger partial charge in [0.15, 0.2) is 5.13 Å². The summed E-state index contributed by atoms with van der Waals surface area (Å²) in [5.74, 6) is 0. The minimum Gasteiger partial charge on any atom is -0.378 e. The van der Waals surface area contributed by atoms with E-state index in [2.05, 4.69) is 10.3 Å². The van der Waals surface area contributed by atoms with Gasteiger partial charge in [0.25, 0.3) is 0 Å². The van der Waals surface area contributed by atoms with Gasteiger partial charge < -0.3 is 10.1 Å². The maximum Gasteiger partial charge on any atom is 0.184 e. The number of aromatic nitrogens is 1. The second-order valence-corrected chi connectivity index (χ2v) is 5.90.